The summed E-state index contributed by atoms with van der Waals surface area (Å²) in [5.74, 6) is -4.36. The van der Waals surface area contributed by atoms with Crippen LogP contribution in [0.15, 0.2) is 84.6 Å². The summed E-state index contributed by atoms with van der Waals surface area (Å²) >= 11 is 1.57. The van der Waals surface area contributed by atoms with Crippen molar-refractivity contribution in [2.75, 3.05) is 81.4 Å². The van der Waals surface area contributed by atoms with E-state index in [1.54, 1.807) is 23.6 Å². The first-order valence-corrected chi connectivity index (χ1v) is 30.5. The van der Waals surface area contributed by atoms with E-state index in [9.17, 15) is 42.2 Å². The highest BCUT2D eigenvalue weighted by Gasteiger charge is 2.45. The molecule has 448 valence electrons. The van der Waals surface area contributed by atoms with Gasteiger partial charge in [-0.05, 0) is 105 Å². The largest absolute Gasteiger partial charge is 0.395 e. The number of fused-ring (bicyclic) bond motifs is 1. The lowest BCUT2D eigenvalue weighted by molar-refractivity contribution is -0.144. The Morgan fingerprint density at radius 2 is 1.62 bits per heavy atom. The van der Waals surface area contributed by atoms with E-state index < -0.39 is 75.2 Å². The normalized spacial score (nSPS) is 21.1. The highest BCUT2D eigenvalue weighted by atomic mass is 32.2. The molecule has 84 heavy (non-hydrogen) atoms. The standard InChI is InChI=1S/C60H72F3N11O8S2/c1-35(38-6-8-40(9-7-38)55-36(2)66-34-83-55)67-58(79)50-25-45(76)31-73(50)59(80)56(60(3,4)5)68-51(77)32-69-19-16-37(17-20-69)28-70-22-23-71(30-44(70)33-75)43-12-10-39(11-13-43)41-24-46-47(27-65-57(46)64-26-41)54(78)52-48(62)14-15-49(53(52)63)74(84(81)82)72-21-18-42(61)29-72/h6-15,24,26-27,34-35,37,42,44-45,50,56,75-76,84H,16-23,25,28-33H2,1-5H3,(H,64,65)(H,67,79)(H,68,77)/t35-,42+,44-,45+,50-,56+/m0/s1. The number of aliphatic hydroxyl groups excluding tert-OH is 2. The van der Waals surface area contributed by atoms with Gasteiger partial charge in [0.1, 0.15) is 35.4 Å². The Morgan fingerprint density at radius 1 is 0.893 bits per heavy atom. The molecule has 5 N–H and O–H groups in total. The van der Waals surface area contributed by atoms with Crippen LogP contribution in [-0.4, -0.2) is 179 Å². The fraction of sp³-hybridized carbons (Fsp3) is 0.467. The van der Waals surface area contributed by atoms with Gasteiger partial charge in [-0.1, -0.05) is 57.2 Å². The fourth-order valence-electron chi connectivity index (χ4n) is 12.1. The van der Waals surface area contributed by atoms with Gasteiger partial charge < -0.3 is 35.6 Å². The smallest absolute Gasteiger partial charge is 0.246 e. The maximum absolute atomic E-state index is 16.1. The number of anilines is 2. The molecule has 24 heteroatoms. The number of thiazole rings is 1. The molecule has 4 fully saturated rings. The Morgan fingerprint density at radius 3 is 2.27 bits per heavy atom. The SMILES string of the molecule is Cc1ncsc1-c1ccc([C@H](C)NC(=O)[C@@H]2C[C@@H](O)CN2C(=O)[C@@H](NC(=O)CN2CCC(CN3CCN(c4ccc(-c5cnc6[nH]cc(C(=O)c7c(F)ccc(N(N8CC[C@@H](F)C8)[SH](=O)=O)c7F)c6c5)cc4)C[C@H]3CO)CC2)C(C)(C)C)cc1. The molecule has 0 unspecified atom stereocenters. The van der Waals surface area contributed by atoms with Crippen LogP contribution in [0.25, 0.3) is 32.6 Å². The molecule has 4 aliphatic rings. The molecule has 7 heterocycles. The van der Waals surface area contributed by atoms with Gasteiger partial charge in [0.25, 0.3) is 0 Å². The number of nitrogens with zero attached hydrogens (tertiary/aromatic N) is 8. The van der Waals surface area contributed by atoms with Crippen molar-refractivity contribution in [3.63, 3.8) is 0 Å². The van der Waals surface area contributed by atoms with Crippen molar-refractivity contribution < 1.29 is 51.0 Å². The number of rotatable bonds is 18. The molecule has 19 nitrogen and oxygen atoms in total. The first-order chi connectivity index (χ1) is 40.1. The summed E-state index contributed by atoms with van der Waals surface area (Å²) < 4.78 is 70.7. The van der Waals surface area contributed by atoms with E-state index in [2.05, 4.69) is 40.3 Å². The summed E-state index contributed by atoms with van der Waals surface area (Å²) in [6.07, 6.45) is 2.49. The molecule has 6 atom stereocenters. The van der Waals surface area contributed by atoms with E-state index in [4.69, 9.17) is 0 Å². The molecule has 3 aromatic heterocycles. The number of nitrogens with one attached hydrogen (secondary N) is 3. The van der Waals surface area contributed by atoms with Crippen LogP contribution in [0.5, 0.6) is 0 Å². The maximum atomic E-state index is 16.1. The number of aromatic nitrogens is 3. The number of benzene rings is 3. The van der Waals surface area contributed by atoms with Crippen molar-refractivity contribution in [1.29, 1.82) is 0 Å². The number of pyridine rings is 1. The summed E-state index contributed by atoms with van der Waals surface area (Å²) in [5, 5.41) is 28.9. The van der Waals surface area contributed by atoms with Gasteiger partial charge in [-0.15, -0.1) is 11.3 Å². The zero-order valence-electron chi connectivity index (χ0n) is 47.6. The summed E-state index contributed by atoms with van der Waals surface area (Å²) in [7, 11) is -3.51. The average molecular weight is 1200 g/mol. The lowest BCUT2D eigenvalue weighted by Gasteiger charge is -2.44. The lowest BCUT2D eigenvalue weighted by Crippen LogP contribution is -2.59. The Hall–Kier alpha value is -6.80. The van der Waals surface area contributed by atoms with Gasteiger partial charge in [-0.25, -0.2) is 36.6 Å². The molecule has 4 saturated heterocycles. The second kappa shape index (κ2) is 25.4. The van der Waals surface area contributed by atoms with Crippen LogP contribution in [0.2, 0.25) is 0 Å². The number of H-pyrrole nitrogens is 1. The predicted octanol–water partition coefficient (Wildman–Crippen LogP) is 6.03. The topological polar surface area (TPSA) is 228 Å². The number of ketones is 1. The quantitative estimate of drug-likeness (QED) is 0.0427. The monoisotopic (exact) mass is 1200 g/mol. The zero-order valence-corrected chi connectivity index (χ0v) is 49.4. The number of hydrazine groups is 1. The molecule has 0 spiro atoms. The minimum Gasteiger partial charge on any atom is -0.395 e. The highest BCUT2D eigenvalue weighted by Crippen LogP contribution is 2.35. The molecule has 3 amide bonds. The first kappa shape index (κ1) is 60.3. The van der Waals surface area contributed by atoms with Crippen LogP contribution in [0.1, 0.15) is 86.6 Å². The molecule has 3 aromatic carbocycles. The maximum Gasteiger partial charge on any atom is 0.246 e. The molecule has 0 saturated carbocycles. The van der Waals surface area contributed by atoms with E-state index in [-0.39, 0.29) is 75.1 Å². The predicted molar refractivity (Wildman–Crippen MR) is 315 cm³/mol. The van der Waals surface area contributed by atoms with Crippen molar-refractivity contribution in [1.82, 2.24) is 45.3 Å². The van der Waals surface area contributed by atoms with E-state index in [0.29, 0.717) is 59.7 Å². The Balaban J connectivity index is 0.706. The number of carbonyl (C=O) groups excluding carboxylic acids is 4. The number of hydrogen-bond donors (Lipinski definition) is 6. The number of amides is 3. The van der Waals surface area contributed by atoms with Gasteiger partial charge in [0.2, 0.25) is 34.4 Å². The minimum absolute atomic E-state index is 0.0154. The summed E-state index contributed by atoms with van der Waals surface area (Å²) in [6, 6.07) is 16.7. The minimum atomic E-state index is -3.51. The van der Waals surface area contributed by atoms with Gasteiger partial charge in [-0.3, -0.25) is 29.0 Å². The number of piperazine rings is 1. The number of aliphatic hydroxyl groups is 2. The summed E-state index contributed by atoms with van der Waals surface area (Å²) in [6.45, 7) is 13.3. The Labute approximate surface area is 491 Å². The molecule has 0 radical (unpaired) electrons. The summed E-state index contributed by atoms with van der Waals surface area (Å²) in [4.78, 5) is 76.7. The number of β-amino-alcohol motifs (C(OH)–C–C–N with tert-alkyl or cyclic N) is 1. The van der Waals surface area contributed by atoms with E-state index in [1.165, 1.54) is 11.1 Å². The lowest BCUT2D eigenvalue weighted by atomic mass is 9.85. The van der Waals surface area contributed by atoms with Crippen molar-refractivity contribution in [2.45, 2.75) is 96.7 Å². The van der Waals surface area contributed by atoms with Gasteiger partial charge >= 0.3 is 0 Å². The second-order valence-corrected chi connectivity index (χ2v) is 25.4. The van der Waals surface area contributed by atoms with Crippen molar-refractivity contribution in [2.24, 2.45) is 11.3 Å². The fourth-order valence-corrected chi connectivity index (χ4v) is 13.6. The number of carbonyl (C=O) groups is 4. The molecule has 4 aliphatic heterocycles. The Kier molecular flexibility index (Phi) is 18.3. The third-order valence-electron chi connectivity index (χ3n) is 16.8. The van der Waals surface area contributed by atoms with Gasteiger partial charge in [0.05, 0.1) is 59.5 Å². The van der Waals surface area contributed by atoms with Gasteiger partial charge in [0, 0.05) is 80.3 Å². The third kappa shape index (κ3) is 13.0. The van der Waals surface area contributed by atoms with Crippen molar-refractivity contribution in [3.05, 3.63) is 119 Å². The summed E-state index contributed by atoms with van der Waals surface area (Å²) in [5.41, 5.74) is 4.96. The van der Waals surface area contributed by atoms with Crippen LogP contribution in [0.3, 0.4) is 0 Å². The number of likely N-dealkylation sites (tertiary alicyclic amines) is 2. The average Bonchev–Trinajstić information content (AvgIpc) is 3.39. The van der Waals surface area contributed by atoms with E-state index in [1.807, 2.05) is 88.7 Å². The third-order valence-corrected chi connectivity index (χ3v) is 18.6. The molecular formula is C60H72F3N11O8S2. The van der Waals surface area contributed by atoms with Crippen LogP contribution in [-0.2, 0) is 25.3 Å². The number of alkyl halides is 1. The molecule has 10 rings (SSSR count). The van der Waals surface area contributed by atoms with Crippen LogP contribution >= 0.6 is 11.3 Å². The molecular weight excluding hydrogens is 1120 g/mol. The number of aryl methyl sites for hydroxylation is 1. The van der Waals surface area contributed by atoms with E-state index in [0.717, 1.165) is 69.5 Å². The van der Waals surface area contributed by atoms with Crippen molar-refractivity contribution in [3.8, 4) is 21.6 Å². The zero-order chi connectivity index (χ0) is 59.7. The molecule has 6 aromatic rings. The van der Waals surface area contributed by atoms with Crippen LogP contribution < -0.4 is 19.9 Å². The number of piperidine rings is 1. The molecule has 0 aliphatic carbocycles. The van der Waals surface area contributed by atoms with Gasteiger partial charge in [-0.2, -0.15) is 4.41 Å². The molecule has 0 bridgehead atoms. The number of halogens is 3. The Bertz CT molecular complexity index is 3450. The van der Waals surface area contributed by atoms with E-state index >= 15 is 8.78 Å². The number of thiol groups is 1. The highest BCUT2D eigenvalue weighted by molar-refractivity contribution is 7.73. The first-order valence-electron chi connectivity index (χ1n) is 28.5. The second-order valence-electron chi connectivity index (χ2n) is 23.7. The number of hydrogen-bond acceptors (Lipinski definition) is 15. The number of aromatic amines is 1. The van der Waals surface area contributed by atoms with Crippen LogP contribution in [0, 0.1) is 29.9 Å². The van der Waals surface area contributed by atoms with Gasteiger partial charge in [0.15, 0.2) is 5.82 Å². The van der Waals surface area contributed by atoms with Crippen LogP contribution in [0.4, 0.5) is 24.5 Å². The van der Waals surface area contributed by atoms with Crippen molar-refractivity contribution >= 4 is 68.1 Å².